The lowest BCUT2D eigenvalue weighted by atomic mass is 9.97. The molecular formula is C11H22N2O2. The first-order valence-electron chi connectivity index (χ1n) is 5.58. The van der Waals surface area contributed by atoms with Gasteiger partial charge in [-0.3, -0.25) is 10.1 Å². The molecule has 2 unspecified atom stereocenters. The maximum absolute atomic E-state index is 11.8. The summed E-state index contributed by atoms with van der Waals surface area (Å²) in [4.78, 5) is 14.0. The summed E-state index contributed by atoms with van der Waals surface area (Å²) in [7, 11) is 3.49. The molecule has 4 nitrogen and oxygen atoms in total. The van der Waals surface area contributed by atoms with E-state index >= 15 is 0 Å². The molecule has 1 heterocycles. The van der Waals surface area contributed by atoms with Gasteiger partial charge in [0.2, 0.25) is 0 Å². The molecule has 1 N–H and O–H groups in total. The number of likely N-dealkylation sites (tertiary alicyclic amines) is 1. The van der Waals surface area contributed by atoms with Crippen LogP contribution in [0.3, 0.4) is 0 Å². The first kappa shape index (κ1) is 12.5. The Bertz CT molecular complexity index is 233. The molecule has 4 heteroatoms. The van der Waals surface area contributed by atoms with Gasteiger partial charge in [-0.15, -0.1) is 0 Å². The van der Waals surface area contributed by atoms with E-state index in [1.165, 1.54) is 7.11 Å². The molecule has 1 saturated heterocycles. The zero-order valence-corrected chi connectivity index (χ0v) is 10.2. The average Bonchev–Trinajstić information content (AvgIpc) is 2.59. The fourth-order valence-electron chi connectivity index (χ4n) is 2.11. The van der Waals surface area contributed by atoms with Gasteiger partial charge in [0.15, 0.2) is 0 Å². The summed E-state index contributed by atoms with van der Waals surface area (Å²) in [5.41, 5.74) is -0.487. The SMILES string of the molecule is CCC(C)NC1(C(=O)OC)CCN(C)C1. The number of hydrogen-bond acceptors (Lipinski definition) is 4. The van der Waals surface area contributed by atoms with E-state index in [1.807, 2.05) is 7.05 Å². The fraction of sp³-hybridized carbons (Fsp3) is 0.909. The van der Waals surface area contributed by atoms with Crippen molar-refractivity contribution in [1.29, 1.82) is 0 Å². The topological polar surface area (TPSA) is 41.6 Å². The Kier molecular flexibility index (Phi) is 4.11. The Morgan fingerprint density at radius 2 is 2.33 bits per heavy atom. The third-order valence-electron chi connectivity index (χ3n) is 3.17. The minimum atomic E-state index is -0.487. The van der Waals surface area contributed by atoms with Crippen molar-refractivity contribution < 1.29 is 9.53 Å². The van der Waals surface area contributed by atoms with Crippen LogP contribution in [0.2, 0.25) is 0 Å². The Morgan fingerprint density at radius 3 is 2.73 bits per heavy atom. The smallest absolute Gasteiger partial charge is 0.327 e. The summed E-state index contributed by atoms with van der Waals surface area (Å²) >= 11 is 0. The van der Waals surface area contributed by atoms with E-state index in [0.29, 0.717) is 6.04 Å². The second kappa shape index (κ2) is 4.94. The van der Waals surface area contributed by atoms with Crippen LogP contribution in [0.25, 0.3) is 0 Å². The number of methoxy groups -OCH3 is 1. The molecule has 0 spiro atoms. The number of carbonyl (C=O) groups excluding carboxylic acids is 1. The summed E-state index contributed by atoms with van der Waals surface area (Å²) in [6.07, 6.45) is 1.85. The van der Waals surface area contributed by atoms with Crippen molar-refractivity contribution in [2.24, 2.45) is 0 Å². The van der Waals surface area contributed by atoms with Gasteiger partial charge in [0.05, 0.1) is 7.11 Å². The normalized spacial score (nSPS) is 29.1. The number of rotatable bonds is 4. The predicted molar refractivity (Wildman–Crippen MR) is 59.7 cm³/mol. The van der Waals surface area contributed by atoms with Gasteiger partial charge in [-0.2, -0.15) is 0 Å². The molecule has 1 rings (SSSR count). The molecule has 0 radical (unpaired) electrons. The van der Waals surface area contributed by atoms with Crippen LogP contribution in [0.1, 0.15) is 26.7 Å². The standard InChI is InChI=1S/C11H22N2O2/c1-5-9(2)12-11(10(14)15-4)6-7-13(3)8-11/h9,12H,5-8H2,1-4H3. The highest BCUT2D eigenvalue weighted by atomic mass is 16.5. The van der Waals surface area contributed by atoms with Crippen molar-refractivity contribution >= 4 is 5.97 Å². The monoisotopic (exact) mass is 214 g/mol. The summed E-state index contributed by atoms with van der Waals surface area (Å²) < 4.78 is 4.90. The molecule has 0 aromatic carbocycles. The van der Waals surface area contributed by atoms with Crippen LogP contribution in [0.15, 0.2) is 0 Å². The van der Waals surface area contributed by atoms with Crippen LogP contribution in [-0.4, -0.2) is 49.7 Å². The van der Waals surface area contributed by atoms with Crippen LogP contribution < -0.4 is 5.32 Å². The Morgan fingerprint density at radius 1 is 1.67 bits per heavy atom. The lowest BCUT2D eigenvalue weighted by molar-refractivity contribution is -0.148. The van der Waals surface area contributed by atoms with Crippen LogP contribution in [0.4, 0.5) is 0 Å². The number of nitrogens with one attached hydrogen (secondary N) is 1. The zero-order valence-electron chi connectivity index (χ0n) is 10.2. The molecule has 0 aliphatic carbocycles. The van der Waals surface area contributed by atoms with Gasteiger partial charge in [-0.1, -0.05) is 6.92 Å². The van der Waals surface area contributed by atoms with Crippen LogP contribution in [0.5, 0.6) is 0 Å². The summed E-state index contributed by atoms with van der Waals surface area (Å²) in [6.45, 7) is 5.90. The summed E-state index contributed by atoms with van der Waals surface area (Å²) in [5.74, 6) is -0.132. The van der Waals surface area contributed by atoms with Gasteiger partial charge in [-0.05, 0) is 26.8 Å². The number of nitrogens with zero attached hydrogens (tertiary/aromatic N) is 1. The number of carbonyl (C=O) groups is 1. The summed E-state index contributed by atoms with van der Waals surface area (Å²) in [6, 6.07) is 0.343. The molecule has 1 fully saturated rings. The van der Waals surface area contributed by atoms with E-state index in [4.69, 9.17) is 4.74 Å². The van der Waals surface area contributed by atoms with E-state index in [2.05, 4.69) is 24.1 Å². The van der Waals surface area contributed by atoms with Crippen molar-refractivity contribution in [3.05, 3.63) is 0 Å². The van der Waals surface area contributed by atoms with Gasteiger partial charge in [0.25, 0.3) is 0 Å². The molecule has 0 amide bonds. The molecule has 0 aromatic heterocycles. The molecule has 0 aromatic rings. The van der Waals surface area contributed by atoms with E-state index in [9.17, 15) is 4.79 Å². The van der Waals surface area contributed by atoms with Crippen molar-refractivity contribution in [3.8, 4) is 0 Å². The molecule has 88 valence electrons. The third kappa shape index (κ3) is 2.69. The second-order valence-corrected chi connectivity index (χ2v) is 4.52. The maximum Gasteiger partial charge on any atom is 0.327 e. The number of ether oxygens (including phenoxy) is 1. The Balaban J connectivity index is 2.73. The Hall–Kier alpha value is -0.610. The highest BCUT2D eigenvalue weighted by molar-refractivity contribution is 5.81. The molecule has 1 aliphatic rings. The van der Waals surface area contributed by atoms with Gasteiger partial charge in [-0.25, -0.2) is 0 Å². The van der Waals surface area contributed by atoms with Gasteiger partial charge < -0.3 is 9.64 Å². The van der Waals surface area contributed by atoms with Crippen LogP contribution in [-0.2, 0) is 9.53 Å². The minimum absolute atomic E-state index is 0.132. The first-order chi connectivity index (χ1) is 7.04. The predicted octanol–water partition coefficient (Wildman–Crippen LogP) is 0.622. The van der Waals surface area contributed by atoms with E-state index in [0.717, 1.165) is 25.9 Å². The van der Waals surface area contributed by atoms with Crippen molar-refractivity contribution in [2.45, 2.75) is 38.3 Å². The lowest BCUT2D eigenvalue weighted by Gasteiger charge is -2.30. The van der Waals surface area contributed by atoms with Crippen molar-refractivity contribution in [3.63, 3.8) is 0 Å². The van der Waals surface area contributed by atoms with Gasteiger partial charge in [0.1, 0.15) is 5.54 Å². The van der Waals surface area contributed by atoms with Crippen LogP contribution >= 0.6 is 0 Å². The maximum atomic E-state index is 11.8. The highest BCUT2D eigenvalue weighted by Gasteiger charge is 2.44. The second-order valence-electron chi connectivity index (χ2n) is 4.52. The lowest BCUT2D eigenvalue weighted by Crippen LogP contribution is -2.57. The quantitative estimate of drug-likeness (QED) is 0.697. The molecular weight excluding hydrogens is 192 g/mol. The van der Waals surface area contributed by atoms with Crippen molar-refractivity contribution in [1.82, 2.24) is 10.2 Å². The van der Waals surface area contributed by atoms with E-state index in [-0.39, 0.29) is 5.97 Å². The van der Waals surface area contributed by atoms with E-state index < -0.39 is 5.54 Å². The minimum Gasteiger partial charge on any atom is -0.468 e. The zero-order chi connectivity index (χ0) is 11.5. The third-order valence-corrected chi connectivity index (χ3v) is 3.17. The molecule has 0 bridgehead atoms. The molecule has 0 saturated carbocycles. The number of likely N-dealkylation sites (N-methyl/N-ethyl adjacent to an activating group) is 1. The van der Waals surface area contributed by atoms with E-state index in [1.54, 1.807) is 0 Å². The largest absolute Gasteiger partial charge is 0.468 e. The highest BCUT2D eigenvalue weighted by Crippen LogP contribution is 2.22. The van der Waals surface area contributed by atoms with Crippen molar-refractivity contribution in [2.75, 3.05) is 27.2 Å². The number of hydrogen-bond donors (Lipinski definition) is 1. The number of esters is 1. The fourth-order valence-corrected chi connectivity index (χ4v) is 2.11. The molecule has 1 aliphatic heterocycles. The summed E-state index contributed by atoms with van der Waals surface area (Å²) in [5, 5.41) is 3.41. The molecule has 15 heavy (non-hydrogen) atoms. The van der Waals surface area contributed by atoms with Crippen LogP contribution in [0, 0.1) is 0 Å². The van der Waals surface area contributed by atoms with Gasteiger partial charge in [0, 0.05) is 19.1 Å². The first-order valence-corrected chi connectivity index (χ1v) is 5.58. The van der Waals surface area contributed by atoms with Gasteiger partial charge >= 0.3 is 5.97 Å². The molecule has 2 atom stereocenters. The average molecular weight is 214 g/mol. The Labute approximate surface area is 92.0 Å².